The smallest absolute Gasteiger partial charge is 0.325 e. The predicted octanol–water partition coefficient (Wildman–Crippen LogP) is 2.28. The molecule has 0 bridgehead atoms. The molecule has 1 aromatic rings. The molecule has 4 fully saturated rings. The summed E-state index contributed by atoms with van der Waals surface area (Å²) < 4.78 is 0. The Morgan fingerprint density at radius 3 is 2.42 bits per heavy atom. The minimum atomic E-state index is -0.790. The average Bonchev–Trinajstić information content (AvgIpc) is 3.48. The Bertz CT molecular complexity index is 862. The standard InChI is InChI=1S/C22H32N6O3/c1-2-14-5-9-22(10-6-14)20(30)28(21(31)24-22)13-17(29)27-11-7-16(8-12-27)19-23-18(25-26-19)15-3-4-15/h14-16H,2-13H2,1H3,(H,24,31)(H,23,25,26). The molecule has 5 rings (SSSR count). The maximum Gasteiger partial charge on any atom is 0.325 e. The lowest BCUT2D eigenvalue weighted by Crippen LogP contribution is -2.50. The molecule has 4 aliphatic rings. The molecule has 1 aromatic heterocycles. The first kappa shape index (κ1) is 20.5. The minimum Gasteiger partial charge on any atom is -0.341 e. The first-order valence-electron chi connectivity index (χ1n) is 11.8. The van der Waals surface area contributed by atoms with Crippen LogP contribution in [-0.4, -0.2) is 68.0 Å². The molecule has 168 valence electrons. The predicted molar refractivity (Wildman–Crippen MR) is 112 cm³/mol. The summed E-state index contributed by atoms with van der Waals surface area (Å²) in [6, 6.07) is -0.419. The molecule has 2 saturated carbocycles. The van der Waals surface area contributed by atoms with Gasteiger partial charge < -0.3 is 10.2 Å². The molecule has 2 aliphatic heterocycles. The Kier molecular flexibility index (Phi) is 5.22. The second-order valence-corrected chi connectivity index (χ2v) is 9.76. The Hall–Kier alpha value is -2.45. The quantitative estimate of drug-likeness (QED) is 0.699. The van der Waals surface area contributed by atoms with E-state index < -0.39 is 11.6 Å². The first-order chi connectivity index (χ1) is 15.0. The number of nitrogens with zero attached hydrogens (tertiary/aromatic N) is 4. The Balaban J connectivity index is 1.15. The molecule has 4 amide bonds. The van der Waals surface area contributed by atoms with Gasteiger partial charge >= 0.3 is 6.03 Å². The fourth-order valence-corrected chi connectivity index (χ4v) is 5.37. The van der Waals surface area contributed by atoms with E-state index in [1.165, 1.54) is 12.8 Å². The number of urea groups is 1. The van der Waals surface area contributed by atoms with Gasteiger partial charge in [-0.15, -0.1) is 0 Å². The summed E-state index contributed by atoms with van der Waals surface area (Å²) >= 11 is 0. The average molecular weight is 429 g/mol. The molecule has 31 heavy (non-hydrogen) atoms. The molecule has 0 aromatic carbocycles. The van der Waals surface area contributed by atoms with Crippen molar-refractivity contribution in [2.75, 3.05) is 19.6 Å². The van der Waals surface area contributed by atoms with Gasteiger partial charge in [0, 0.05) is 24.9 Å². The van der Waals surface area contributed by atoms with Crippen molar-refractivity contribution in [1.29, 1.82) is 0 Å². The summed E-state index contributed by atoms with van der Waals surface area (Å²) in [4.78, 5) is 46.0. The number of H-pyrrole nitrogens is 1. The third kappa shape index (κ3) is 3.83. The number of amides is 4. The molecule has 3 heterocycles. The van der Waals surface area contributed by atoms with Crippen LogP contribution in [-0.2, 0) is 9.59 Å². The summed E-state index contributed by atoms with van der Waals surface area (Å²) in [5, 5.41) is 10.3. The second-order valence-electron chi connectivity index (χ2n) is 9.76. The van der Waals surface area contributed by atoms with Crippen LogP contribution in [0.1, 0.15) is 88.2 Å². The lowest BCUT2D eigenvalue weighted by Gasteiger charge is -2.35. The number of hydrogen-bond donors (Lipinski definition) is 2. The van der Waals surface area contributed by atoms with E-state index in [2.05, 4.69) is 27.4 Å². The zero-order valence-electron chi connectivity index (χ0n) is 18.2. The number of hydrogen-bond acceptors (Lipinski definition) is 5. The number of likely N-dealkylation sites (tertiary alicyclic amines) is 1. The number of aromatic amines is 1. The van der Waals surface area contributed by atoms with E-state index in [0.717, 1.165) is 48.7 Å². The summed E-state index contributed by atoms with van der Waals surface area (Å²) in [5.41, 5.74) is -0.790. The van der Waals surface area contributed by atoms with Crippen molar-refractivity contribution in [2.24, 2.45) is 5.92 Å². The second kappa shape index (κ2) is 7.91. The molecule has 2 N–H and O–H groups in total. The fraction of sp³-hybridized carbons (Fsp3) is 0.773. The van der Waals surface area contributed by atoms with Crippen molar-refractivity contribution in [1.82, 2.24) is 30.3 Å². The van der Waals surface area contributed by atoms with Gasteiger partial charge in [0.15, 0.2) is 5.82 Å². The fourth-order valence-electron chi connectivity index (χ4n) is 5.37. The molecule has 9 nitrogen and oxygen atoms in total. The van der Waals surface area contributed by atoms with E-state index in [1.54, 1.807) is 4.90 Å². The maximum atomic E-state index is 13.1. The topological polar surface area (TPSA) is 111 Å². The molecule has 0 unspecified atom stereocenters. The number of piperidine rings is 1. The number of aromatic nitrogens is 3. The highest BCUT2D eigenvalue weighted by atomic mass is 16.2. The van der Waals surface area contributed by atoms with Gasteiger partial charge in [-0.25, -0.2) is 9.78 Å². The van der Waals surface area contributed by atoms with Crippen LogP contribution in [0, 0.1) is 5.92 Å². The Morgan fingerprint density at radius 1 is 1.06 bits per heavy atom. The molecule has 1 spiro atoms. The van der Waals surface area contributed by atoms with Crippen LogP contribution in [0.3, 0.4) is 0 Å². The van der Waals surface area contributed by atoms with Crippen molar-refractivity contribution in [2.45, 2.75) is 82.1 Å². The van der Waals surface area contributed by atoms with Gasteiger partial charge in [0.25, 0.3) is 5.91 Å². The van der Waals surface area contributed by atoms with E-state index in [0.29, 0.717) is 37.8 Å². The largest absolute Gasteiger partial charge is 0.341 e. The van der Waals surface area contributed by atoms with Crippen LogP contribution in [0.25, 0.3) is 0 Å². The summed E-state index contributed by atoms with van der Waals surface area (Å²) in [5.74, 6) is 2.90. The number of carbonyl (C=O) groups is 3. The van der Waals surface area contributed by atoms with Gasteiger partial charge in [-0.05, 0) is 57.3 Å². The highest BCUT2D eigenvalue weighted by Crippen LogP contribution is 2.39. The number of imide groups is 1. The van der Waals surface area contributed by atoms with Crippen molar-refractivity contribution in [3.8, 4) is 0 Å². The molecule has 0 atom stereocenters. The van der Waals surface area contributed by atoms with Crippen molar-refractivity contribution in [3.05, 3.63) is 11.6 Å². The van der Waals surface area contributed by atoms with E-state index in [-0.39, 0.29) is 24.3 Å². The molecule has 9 heteroatoms. The Morgan fingerprint density at radius 2 is 1.77 bits per heavy atom. The van der Waals surface area contributed by atoms with Crippen LogP contribution >= 0.6 is 0 Å². The molecule has 2 aliphatic carbocycles. The molecule has 0 radical (unpaired) electrons. The van der Waals surface area contributed by atoms with Gasteiger partial charge in [0.2, 0.25) is 5.91 Å². The van der Waals surface area contributed by atoms with Crippen LogP contribution in [0.2, 0.25) is 0 Å². The van der Waals surface area contributed by atoms with E-state index in [4.69, 9.17) is 0 Å². The van der Waals surface area contributed by atoms with Crippen LogP contribution < -0.4 is 5.32 Å². The van der Waals surface area contributed by atoms with Crippen molar-refractivity contribution >= 4 is 17.8 Å². The third-order valence-electron chi connectivity index (χ3n) is 7.77. The van der Waals surface area contributed by atoms with E-state index in [9.17, 15) is 14.4 Å². The van der Waals surface area contributed by atoms with E-state index in [1.807, 2.05) is 0 Å². The van der Waals surface area contributed by atoms with Crippen LogP contribution in [0.15, 0.2) is 0 Å². The molecular formula is C22H32N6O3. The van der Waals surface area contributed by atoms with Gasteiger partial charge in [-0.1, -0.05) is 13.3 Å². The first-order valence-corrected chi connectivity index (χ1v) is 11.8. The highest BCUT2D eigenvalue weighted by Gasteiger charge is 2.52. The third-order valence-corrected chi connectivity index (χ3v) is 7.77. The SMILES string of the molecule is CCC1CCC2(CC1)NC(=O)N(CC(=O)N1CCC(c3nc(C4CC4)n[nH]3)CC1)C2=O. The van der Waals surface area contributed by atoms with Crippen molar-refractivity contribution in [3.63, 3.8) is 0 Å². The van der Waals surface area contributed by atoms with Gasteiger partial charge in [0.05, 0.1) is 0 Å². The summed E-state index contributed by atoms with van der Waals surface area (Å²) in [6.45, 7) is 3.22. The lowest BCUT2D eigenvalue weighted by molar-refractivity contribution is -0.140. The van der Waals surface area contributed by atoms with Gasteiger partial charge in [-0.3, -0.25) is 19.6 Å². The van der Waals surface area contributed by atoms with E-state index >= 15 is 0 Å². The van der Waals surface area contributed by atoms with Crippen LogP contribution in [0.4, 0.5) is 4.79 Å². The van der Waals surface area contributed by atoms with Gasteiger partial charge in [-0.2, -0.15) is 5.10 Å². The molecule has 2 saturated heterocycles. The molecular weight excluding hydrogens is 396 g/mol. The monoisotopic (exact) mass is 428 g/mol. The minimum absolute atomic E-state index is 0.155. The Labute approximate surface area is 182 Å². The normalized spacial score (nSPS) is 29.6. The highest BCUT2D eigenvalue weighted by molar-refractivity contribution is 6.09. The number of rotatable bonds is 5. The zero-order chi connectivity index (χ0) is 21.6. The number of nitrogens with one attached hydrogen (secondary N) is 2. The van der Waals surface area contributed by atoms with Crippen LogP contribution in [0.5, 0.6) is 0 Å². The zero-order valence-corrected chi connectivity index (χ0v) is 18.2. The lowest BCUT2D eigenvalue weighted by atomic mass is 9.75. The summed E-state index contributed by atoms with van der Waals surface area (Å²) in [6.07, 6.45) is 8.32. The number of carbonyl (C=O) groups excluding carboxylic acids is 3. The van der Waals surface area contributed by atoms with Gasteiger partial charge in [0.1, 0.15) is 17.9 Å². The van der Waals surface area contributed by atoms with Crippen molar-refractivity contribution < 1.29 is 14.4 Å². The maximum absolute atomic E-state index is 13.1. The summed E-state index contributed by atoms with van der Waals surface area (Å²) in [7, 11) is 0.